The number of aromatic nitrogens is 2. The van der Waals surface area contributed by atoms with Crippen LogP contribution < -0.4 is 0 Å². The van der Waals surface area contributed by atoms with Crippen molar-refractivity contribution in [2.45, 2.75) is 47.2 Å². The van der Waals surface area contributed by atoms with E-state index in [4.69, 9.17) is 4.74 Å². The maximum absolute atomic E-state index is 13.3. The van der Waals surface area contributed by atoms with Gasteiger partial charge in [0.1, 0.15) is 5.69 Å². The van der Waals surface area contributed by atoms with E-state index >= 15 is 0 Å². The molecule has 1 N–H and O–H groups in total. The fourth-order valence-corrected chi connectivity index (χ4v) is 3.18. The fourth-order valence-electron chi connectivity index (χ4n) is 3.18. The summed E-state index contributed by atoms with van der Waals surface area (Å²) in [5.41, 5.74) is 2.46. The van der Waals surface area contributed by atoms with Gasteiger partial charge in [-0.25, -0.2) is 4.79 Å². The summed E-state index contributed by atoms with van der Waals surface area (Å²) in [6.45, 7) is 8.96. The van der Waals surface area contributed by atoms with Gasteiger partial charge in [0, 0.05) is 23.4 Å². The van der Waals surface area contributed by atoms with Gasteiger partial charge in [-0.15, -0.1) is 0 Å². The zero-order valence-electron chi connectivity index (χ0n) is 17.2. The molecule has 1 unspecified atom stereocenters. The molecule has 0 aliphatic rings. The Morgan fingerprint density at radius 2 is 1.86 bits per heavy atom. The van der Waals surface area contributed by atoms with Crippen molar-refractivity contribution >= 4 is 17.7 Å². The van der Waals surface area contributed by atoms with Crippen LogP contribution in [0.1, 0.15) is 58.6 Å². The van der Waals surface area contributed by atoms with Crippen molar-refractivity contribution in [2.24, 2.45) is 5.92 Å². The minimum absolute atomic E-state index is 0.134. The van der Waals surface area contributed by atoms with E-state index in [0.717, 1.165) is 0 Å². The number of hydrogen-bond donors (Lipinski definition) is 1. The number of nitrogens with zero attached hydrogens (tertiary/aromatic N) is 2. The number of ketones is 1. The second-order valence-electron chi connectivity index (χ2n) is 7.10. The highest BCUT2D eigenvalue weighted by molar-refractivity contribution is 6.06. The smallest absolute Gasteiger partial charge is 0.354 e. The first-order chi connectivity index (χ1) is 13.2. The molecule has 0 saturated carbocycles. The third-order valence-corrected chi connectivity index (χ3v) is 4.76. The summed E-state index contributed by atoms with van der Waals surface area (Å²) < 4.78 is 4.77. The summed E-state index contributed by atoms with van der Waals surface area (Å²) in [7, 11) is 1.29. The number of nitrogens with one attached hydrogen (secondary N) is 1. The van der Waals surface area contributed by atoms with Crippen LogP contribution in [-0.2, 0) is 16.1 Å². The summed E-state index contributed by atoms with van der Waals surface area (Å²) in [5.74, 6) is -1.16. The lowest BCUT2D eigenvalue weighted by molar-refractivity contribution is -0.136. The monoisotopic (exact) mass is 385 g/mol. The summed E-state index contributed by atoms with van der Waals surface area (Å²) >= 11 is 0. The number of carbonyl (C=O) groups is 3. The molecule has 0 aromatic carbocycles. The van der Waals surface area contributed by atoms with Crippen LogP contribution in [0.3, 0.4) is 0 Å². The van der Waals surface area contributed by atoms with Crippen molar-refractivity contribution in [3.8, 4) is 0 Å². The van der Waals surface area contributed by atoms with Gasteiger partial charge in [-0.2, -0.15) is 0 Å². The number of ether oxygens (including phenoxy) is 1. The molecule has 0 aliphatic heterocycles. The van der Waals surface area contributed by atoms with Gasteiger partial charge in [-0.3, -0.25) is 14.6 Å². The molecule has 7 nitrogen and oxygen atoms in total. The first-order valence-corrected chi connectivity index (χ1v) is 9.21. The molecule has 2 aromatic heterocycles. The van der Waals surface area contributed by atoms with E-state index in [1.165, 1.54) is 7.11 Å². The van der Waals surface area contributed by atoms with Gasteiger partial charge >= 0.3 is 5.97 Å². The number of hydrogen-bond acceptors (Lipinski definition) is 5. The maximum Gasteiger partial charge on any atom is 0.354 e. The Morgan fingerprint density at radius 1 is 1.18 bits per heavy atom. The maximum atomic E-state index is 13.3. The Bertz CT molecular complexity index is 871. The number of methoxy groups -OCH3 is 1. The van der Waals surface area contributed by atoms with Gasteiger partial charge in [-0.05, 0) is 38.5 Å². The average molecular weight is 385 g/mol. The van der Waals surface area contributed by atoms with Gasteiger partial charge in [-0.1, -0.05) is 19.9 Å². The lowest BCUT2D eigenvalue weighted by Gasteiger charge is -2.30. The molecule has 2 heterocycles. The molecule has 0 saturated heterocycles. The molecule has 0 fully saturated rings. The molecule has 0 spiro atoms. The largest absolute Gasteiger partial charge is 0.464 e. The van der Waals surface area contributed by atoms with Crippen molar-refractivity contribution in [1.29, 1.82) is 0 Å². The first-order valence-electron chi connectivity index (χ1n) is 9.21. The van der Waals surface area contributed by atoms with E-state index in [0.29, 0.717) is 22.5 Å². The Hall–Kier alpha value is -2.96. The highest BCUT2D eigenvalue weighted by Crippen LogP contribution is 2.23. The third-order valence-electron chi connectivity index (χ3n) is 4.76. The van der Waals surface area contributed by atoms with Crippen LogP contribution in [0.15, 0.2) is 24.4 Å². The standard InChI is InChI=1S/C21H27N3O4/c1-12(2)20(26)24(11-16-9-7-8-10-22-16)15(5)19(25)17-13(3)18(21(27)28-6)23-14(17)4/h7-10,12,15,23H,11H2,1-6H3. The van der Waals surface area contributed by atoms with E-state index in [1.807, 2.05) is 12.1 Å². The van der Waals surface area contributed by atoms with Crippen LogP contribution in [-0.4, -0.2) is 45.7 Å². The first kappa shape index (κ1) is 21.3. The van der Waals surface area contributed by atoms with Crippen LogP contribution in [0.2, 0.25) is 0 Å². The molecule has 0 bridgehead atoms. The number of amides is 1. The average Bonchev–Trinajstić information content (AvgIpc) is 2.98. The molecule has 0 radical (unpaired) electrons. The van der Waals surface area contributed by atoms with Gasteiger partial charge in [0.25, 0.3) is 0 Å². The van der Waals surface area contributed by atoms with Gasteiger partial charge in [0.2, 0.25) is 5.91 Å². The highest BCUT2D eigenvalue weighted by Gasteiger charge is 2.32. The van der Waals surface area contributed by atoms with Gasteiger partial charge in [0.15, 0.2) is 5.78 Å². The van der Waals surface area contributed by atoms with Crippen LogP contribution in [0.25, 0.3) is 0 Å². The van der Waals surface area contributed by atoms with E-state index in [9.17, 15) is 14.4 Å². The topological polar surface area (TPSA) is 92.4 Å². The lowest BCUT2D eigenvalue weighted by Crippen LogP contribution is -2.45. The zero-order chi connectivity index (χ0) is 21.0. The Kier molecular flexibility index (Phi) is 6.72. The quantitative estimate of drug-likeness (QED) is 0.584. The molecule has 0 aliphatic carbocycles. The molecular formula is C21H27N3O4. The predicted octanol–water partition coefficient (Wildman–Crippen LogP) is 3.07. The number of aryl methyl sites for hydroxylation is 1. The molecular weight excluding hydrogens is 358 g/mol. The number of pyridine rings is 1. The summed E-state index contributed by atoms with van der Waals surface area (Å²) in [6, 6.07) is 4.75. The second-order valence-corrected chi connectivity index (χ2v) is 7.10. The van der Waals surface area contributed by atoms with Gasteiger partial charge in [0.05, 0.1) is 25.4 Å². The molecule has 7 heteroatoms. The van der Waals surface area contributed by atoms with Crippen LogP contribution in [0.4, 0.5) is 0 Å². The molecule has 2 aromatic rings. The number of aromatic amines is 1. The van der Waals surface area contributed by atoms with Crippen molar-refractivity contribution < 1.29 is 19.1 Å². The Balaban J connectivity index is 2.40. The molecule has 1 amide bonds. The van der Waals surface area contributed by atoms with Crippen LogP contribution in [0, 0.1) is 19.8 Å². The summed E-state index contributed by atoms with van der Waals surface area (Å²) in [5, 5.41) is 0. The SMILES string of the molecule is COC(=O)c1[nH]c(C)c(C(=O)C(C)N(Cc2ccccn2)C(=O)C(C)C)c1C. The summed E-state index contributed by atoms with van der Waals surface area (Å²) in [6.07, 6.45) is 1.66. The number of carbonyl (C=O) groups excluding carboxylic acids is 3. The van der Waals surface area contributed by atoms with Crippen molar-refractivity contribution in [3.63, 3.8) is 0 Å². The second kappa shape index (κ2) is 8.82. The Morgan fingerprint density at radius 3 is 2.39 bits per heavy atom. The van der Waals surface area contributed by atoms with E-state index < -0.39 is 12.0 Å². The minimum Gasteiger partial charge on any atom is -0.464 e. The molecule has 2 rings (SSSR count). The van der Waals surface area contributed by atoms with Crippen molar-refractivity contribution in [3.05, 3.63) is 52.6 Å². The number of esters is 1. The van der Waals surface area contributed by atoms with E-state index in [2.05, 4.69) is 9.97 Å². The highest BCUT2D eigenvalue weighted by atomic mass is 16.5. The fraction of sp³-hybridized carbons (Fsp3) is 0.429. The third kappa shape index (κ3) is 4.30. The van der Waals surface area contributed by atoms with E-state index in [1.54, 1.807) is 51.8 Å². The number of rotatable bonds is 7. The number of Topliss-reactive ketones (excluding diaryl/α,β-unsaturated/α-hetero) is 1. The van der Waals surface area contributed by atoms with E-state index in [-0.39, 0.29) is 29.8 Å². The molecule has 28 heavy (non-hydrogen) atoms. The Labute approximate surface area is 165 Å². The summed E-state index contributed by atoms with van der Waals surface area (Å²) in [4.78, 5) is 46.8. The van der Waals surface area contributed by atoms with Gasteiger partial charge < -0.3 is 14.6 Å². The normalized spacial score (nSPS) is 12.0. The lowest BCUT2D eigenvalue weighted by atomic mass is 9.98. The molecule has 150 valence electrons. The molecule has 1 atom stereocenters. The van der Waals surface area contributed by atoms with Crippen LogP contribution in [0.5, 0.6) is 0 Å². The van der Waals surface area contributed by atoms with Crippen LogP contribution >= 0.6 is 0 Å². The predicted molar refractivity (Wildman–Crippen MR) is 105 cm³/mol. The number of H-pyrrole nitrogens is 1. The van der Waals surface area contributed by atoms with Crippen molar-refractivity contribution in [1.82, 2.24) is 14.9 Å². The minimum atomic E-state index is -0.712. The van der Waals surface area contributed by atoms with Crippen molar-refractivity contribution in [2.75, 3.05) is 7.11 Å². The zero-order valence-corrected chi connectivity index (χ0v) is 17.2.